The van der Waals surface area contributed by atoms with Gasteiger partial charge in [-0.05, 0) is 56.8 Å². The van der Waals surface area contributed by atoms with Crippen LogP contribution in [-0.2, 0) is 24.2 Å². The molecule has 1 saturated heterocycles. The number of aromatic nitrogens is 4. The van der Waals surface area contributed by atoms with E-state index < -0.39 is 0 Å². The number of methoxy groups -OCH3 is 1. The van der Waals surface area contributed by atoms with Crippen LogP contribution in [0.2, 0.25) is 0 Å². The summed E-state index contributed by atoms with van der Waals surface area (Å²) in [6.07, 6.45) is 4.26. The van der Waals surface area contributed by atoms with Crippen LogP contribution in [0.5, 0.6) is 0 Å². The van der Waals surface area contributed by atoms with Gasteiger partial charge >= 0.3 is 0 Å². The first kappa shape index (κ1) is 20.0. The van der Waals surface area contributed by atoms with E-state index in [-0.39, 0.29) is 11.3 Å². The van der Waals surface area contributed by atoms with Gasteiger partial charge in [-0.3, -0.25) is 14.7 Å². The molecule has 4 rings (SSSR count). The molecule has 2 aromatic heterocycles. The third-order valence-corrected chi connectivity index (χ3v) is 6.24. The Balaban J connectivity index is 1.38. The Morgan fingerprint density at radius 3 is 2.83 bits per heavy atom. The molecule has 29 heavy (non-hydrogen) atoms. The van der Waals surface area contributed by atoms with Crippen LogP contribution in [0.3, 0.4) is 0 Å². The number of hydrogen-bond donors (Lipinski definition) is 1. The zero-order valence-electron chi connectivity index (χ0n) is 17.4. The van der Waals surface area contributed by atoms with E-state index in [0.29, 0.717) is 19.0 Å². The molecule has 8 heteroatoms. The molecule has 0 aromatic carbocycles. The highest BCUT2D eigenvalue weighted by atomic mass is 16.5. The Hall–Kier alpha value is -2.32. The third kappa shape index (κ3) is 4.48. The summed E-state index contributed by atoms with van der Waals surface area (Å²) in [5.41, 5.74) is 2.44. The molecule has 2 aliphatic rings. The fourth-order valence-electron chi connectivity index (χ4n) is 4.50. The largest absolute Gasteiger partial charge is 0.383 e. The highest BCUT2D eigenvalue weighted by Gasteiger charge is 2.39. The van der Waals surface area contributed by atoms with Crippen molar-refractivity contribution in [2.24, 2.45) is 5.41 Å². The van der Waals surface area contributed by atoms with Crippen LogP contribution >= 0.6 is 0 Å². The number of pyridine rings is 1. The Labute approximate surface area is 171 Å². The van der Waals surface area contributed by atoms with Crippen molar-refractivity contribution in [3.63, 3.8) is 0 Å². The molecule has 4 heterocycles. The first-order valence-electron chi connectivity index (χ1n) is 10.4. The second-order valence-corrected chi connectivity index (χ2v) is 8.32. The minimum atomic E-state index is -0.166. The lowest BCUT2D eigenvalue weighted by atomic mass is 9.73. The van der Waals surface area contributed by atoms with Gasteiger partial charge in [0.25, 0.3) is 5.91 Å². The predicted octanol–water partition coefficient (Wildman–Crippen LogP) is 1.59. The van der Waals surface area contributed by atoms with Gasteiger partial charge in [0.1, 0.15) is 5.82 Å². The van der Waals surface area contributed by atoms with E-state index in [0.717, 1.165) is 69.1 Å². The van der Waals surface area contributed by atoms with Gasteiger partial charge in [-0.15, -0.1) is 10.2 Å². The average molecular weight is 399 g/mol. The monoisotopic (exact) mass is 398 g/mol. The lowest BCUT2D eigenvalue weighted by Gasteiger charge is -2.44. The number of rotatable bonds is 6. The second-order valence-electron chi connectivity index (χ2n) is 8.32. The Morgan fingerprint density at radius 1 is 1.24 bits per heavy atom. The zero-order valence-corrected chi connectivity index (χ0v) is 17.4. The number of nitrogens with zero attached hydrogens (tertiary/aromatic N) is 5. The van der Waals surface area contributed by atoms with Gasteiger partial charge in [0.15, 0.2) is 0 Å². The molecule has 0 aliphatic carbocycles. The SMILES string of the molecule is COCCNC(=O)c1nnc2n1CC1(CC2)CCN(Cc2cccc(C)n2)CC1. The number of hydrogen-bond acceptors (Lipinski definition) is 6. The molecule has 1 N–H and O–H groups in total. The Morgan fingerprint density at radius 2 is 2.07 bits per heavy atom. The molecule has 0 radical (unpaired) electrons. The maximum absolute atomic E-state index is 12.5. The standard InChI is InChI=1S/C21H30N6O2/c1-16-4-3-5-17(23-16)14-26-11-8-21(9-12-26)7-6-18-24-25-19(27(18)15-21)20(28)22-10-13-29-2/h3-5H,6-15H2,1-2H3,(H,22,28). The van der Waals surface area contributed by atoms with Gasteiger partial charge in [0.2, 0.25) is 5.82 Å². The minimum absolute atomic E-state index is 0.166. The summed E-state index contributed by atoms with van der Waals surface area (Å²) in [6.45, 7) is 6.86. The van der Waals surface area contributed by atoms with Crippen molar-refractivity contribution in [1.29, 1.82) is 0 Å². The van der Waals surface area contributed by atoms with Gasteiger partial charge < -0.3 is 14.6 Å². The fourth-order valence-corrected chi connectivity index (χ4v) is 4.50. The Kier molecular flexibility index (Phi) is 5.91. The number of aryl methyl sites for hydroxylation is 2. The van der Waals surface area contributed by atoms with Crippen LogP contribution in [-0.4, -0.2) is 63.9 Å². The average Bonchev–Trinajstić information content (AvgIpc) is 3.13. The van der Waals surface area contributed by atoms with Crippen LogP contribution in [0.4, 0.5) is 0 Å². The first-order chi connectivity index (χ1) is 14.1. The minimum Gasteiger partial charge on any atom is -0.383 e. The fraction of sp³-hybridized carbons (Fsp3) is 0.619. The van der Waals surface area contributed by atoms with Gasteiger partial charge in [0, 0.05) is 38.9 Å². The summed E-state index contributed by atoms with van der Waals surface area (Å²) < 4.78 is 7.05. The normalized spacial score (nSPS) is 18.6. The molecule has 8 nitrogen and oxygen atoms in total. The second kappa shape index (κ2) is 8.59. The first-order valence-corrected chi connectivity index (χ1v) is 10.4. The molecule has 2 aliphatic heterocycles. The quantitative estimate of drug-likeness (QED) is 0.744. The van der Waals surface area contributed by atoms with Crippen LogP contribution in [0.15, 0.2) is 18.2 Å². The van der Waals surface area contributed by atoms with E-state index in [9.17, 15) is 4.79 Å². The molecule has 0 saturated carbocycles. The Bertz CT molecular complexity index is 857. The van der Waals surface area contributed by atoms with Crippen LogP contribution in [0.1, 0.15) is 47.1 Å². The van der Waals surface area contributed by atoms with Gasteiger partial charge in [-0.1, -0.05) is 6.07 Å². The molecule has 0 unspecified atom stereocenters. The number of carbonyl (C=O) groups excluding carboxylic acids is 1. The van der Waals surface area contributed by atoms with Crippen LogP contribution in [0.25, 0.3) is 0 Å². The number of piperidine rings is 1. The summed E-state index contributed by atoms with van der Waals surface area (Å²) in [7, 11) is 1.62. The number of fused-ring (bicyclic) bond motifs is 1. The van der Waals surface area contributed by atoms with Crippen molar-refractivity contribution < 1.29 is 9.53 Å². The molecular formula is C21H30N6O2. The molecular weight excluding hydrogens is 368 g/mol. The molecule has 0 atom stereocenters. The van der Waals surface area contributed by atoms with E-state index in [1.165, 1.54) is 0 Å². The summed E-state index contributed by atoms with van der Waals surface area (Å²) in [5, 5.41) is 11.3. The maximum Gasteiger partial charge on any atom is 0.289 e. The van der Waals surface area contributed by atoms with Crippen molar-refractivity contribution in [3.05, 3.63) is 41.2 Å². The highest BCUT2D eigenvalue weighted by molar-refractivity contribution is 5.90. The van der Waals surface area contributed by atoms with Crippen molar-refractivity contribution in [1.82, 2.24) is 30.0 Å². The van der Waals surface area contributed by atoms with E-state index in [1.54, 1.807) is 7.11 Å². The molecule has 0 bridgehead atoms. The van der Waals surface area contributed by atoms with Gasteiger partial charge in [-0.25, -0.2) is 0 Å². The highest BCUT2D eigenvalue weighted by Crippen LogP contribution is 2.41. The van der Waals surface area contributed by atoms with Crippen molar-refractivity contribution in [2.75, 3.05) is 33.4 Å². The third-order valence-electron chi connectivity index (χ3n) is 6.24. The van der Waals surface area contributed by atoms with E-state index in [4.69, 9.17) is 4.74 Å². The van der Waals surface area contributed by atoms with Gasteiger partial charge in [0.05, 0.1) is 12.3 Å². The molecule has 1 amide bonds. The smallest absolute Gasteiger partial charge is 0.289 e. The molecule has 2 aromatic rings. The molecule has 1 spiro atoms. The van der Waals surface area contributed by atoms with Gasteiger partial charge in [-0.2, -0.15) is 0 Å². The summed E-state index contributed by atoms with van der Waals surface area (Å²) in [5.74, 6) is 1.20. The van der Waals surface area contributed by atoms with Crippen LogP contribution in [0, 0.1) is 12.3 Å². The number of ether oxygens (including phenoxy) is 1. The van der Waals surface area contributed by atoms with Crippen molar-refractivity contribution >= 4 is 5.91 Å². The van der Waals surface area contributed by atoms with Crippen LogP contribution < -0.4 is 5.32 Å². The lowest BCUT2D eigenvalue weighted by molar-refractivity contribution is 0.0611. The van der Waals surface area contributed by atoms with E-state index in [2.05, 4.69) is 37.5 Å². The number of carbonyl (C=O) groups is 1. The predicted molar refractivity (Wildman–Crippen MR) is 108 cm³/mol. The maximum atomic E-state index is 12.5. The lowest BCUT2D eigenvalue weighted by Crippen LogP contribution is -2.45. The topological polar surface area (TPSA) is 85.2 Å². The summed E-state index contributed by atoms with van der Waals surface area (Å²) >= 11 is 0. The van der Waals surface area contributed by atoms with Crippen molar-refractivity contribution in [2.45, 2.75) is 45.7 Å². The van der Waals surface area contributed by atoms with E-state index in [1.807, 2.05) is 17.6 Å². The summed E-state index contributed by atoms with van der Waals surface area (Å²) in [4.78, 5) is 19.6. The summed E-state index contributed by atoms with van der Waals surface area (Å²) in [6, 6.07) is 6.23. The molecule has 156 valence electrons. The zero-order chi connectivity index (χ0) is 20.3. The number of amides is 1. The number of likely N-dealkylation sites (tertiary alicyclic amines) is 1. The number of nitrogens with one attached hydrogen (secondary N) is 1. The van der Waals surface area contributed by atoms with E-state index >= 15 is 0 Å². The van der Waals surface area contributed by atoms with Crippen molar-refractivity contribution in [3.8, 4) is 0 Å². The molecule has 1 fully saturated rings.